The zero-order valence-corrected chi connectivity index (χ0v) is 9.84. The van der Waals surface area contributed by atoms with Gasteiger partial charge in [-0.1, -0.05) is 12.1 Å². The molecule has 0 aliphatic carbocycles. The van der Waals surface area contributed by atoms with Gasteiger partial charge in [-0.3, -0.25) is 0 Å². The molecular weight excluding hydrogens is 218 g/mol. The van der Waals surface area contributed by atoms with Crippen molar-refractivity contribution in [1.29, 1.82) is 0 Å². The van der Waals surface area contributed by atoms with E-state index in [1.807, 2.05) is 12.1 Å². The highest BCUT2D eigenvalue weighted by Crippen LogP contribution is 2.16. The number of nitrogen functional groups attached to an aromatic ring is 1. The van der Waals surface area contributed by atoms with Crippen molar-refractivity contribution < 1.29 is 14.6 Å². The van der Waals surface area contributed by atoms with Gasteiger partial charge in [0.25, 0.3) is 0 Å². The maximum atomic E-state index is 9.88. The number of hydrogen-bond donors (Lipinski definition) is 2. The van der Waals surface area contributed by atoms with Crippen LogP contribution in [0.25, 0.3) is 0 Å². The van der Waals surface area contributed by atoms with E-state index in [9.17, 15) is 5.11 Å². The molecule has 4 heteroatoms. The monoisotopic (exact) mass is 237 g/mol. The zero-order chi connectivity index (χ0) is 12.1. The Kier molecular flexibility index (Phi) is 4.36. The van der Waals surface area contributed by atoms with Gasteiger partial charge in [0.15, 0.2) is 0 Å². The van der Waals surface area contributed by atoms with Crippen LogP contribution in [0.4, 0.5) is 5.69 Å². The molecule has 2 rings (SSSR count). The number of rotatable bonds is 5. The molecule has 0 aromatic heterocycles. The molecule has 1 aromatic rings. The lowest BCUT2D eigenvalue weighted by Gasteiger charge is -2.14. The van der Waals surface area contributed by atoms with Gasteiger partial charge in [-0.25, -0.2) is 0 Å². The Hall–Kier alpha value is -1.10. The lowest BCUT2D eigenvalue weighted by molar-refractivity contribution is -0.0176. The number of aliphatic hydroxyl groups is 1. The lowest BCUT2D eigenvalue weighted by atomic mass is 10.1. The van der Waals surface area contributed by atoms with Crippen LogP contribution in [-0.2, 0) is 9.47 Å². The van der Waals surface area contributed by atoms with Crippen LogP contribution in [-0.4, -0.2) is 31.0 Å². The van der Waals surface area contributed by atoms with Crippen molar-refractivity contribution in [2.45, 2.75) is 25.0 Å². The molecule has 17 heavy (non-hydrogen) atoms. The predicted molar refractivity (Wildman–Crippen MR) is 65.6 cm³/mol. The van der Waals surface area contributed by atoms with Crippen molar-refractivity contribution in [2.75, 3.05) is 25.6 Å². The topological polar surface area (TPSA) is 64.7 Å². The van der Waals surface area contributed by atoms with Gasteiger partial charge in [-0.15, -0.1) is 0 Å². The summed E-state index contributed by atoms with van der Waals surface area (Å²) in [6.45, 7) is 1.68. The molecule has 1 aromatic carbocycles. The quantitative estimate of drug-likeness (QED) is 0.762. The zero-order valence-electron chi connectivity index (χ0n) is 9.84. The maximum absolute atomic E-state index is 9.88. The lowest BCUT2D eigenvalue weighted by Crippen LogP contribution is -2.17. The normalized spacial score (nSPS) is 21.6. The molecule has 3 N–H and O–H groups in total. The number of hydrogen-bond acceptors (Lipinski definition) is 4. The van der Waals surface area contributed by atoms with Crippen LogP contribution in [0.5, 0.6) is 0 Å². The van der Waals surface area contributed by atoms with Gasteiger partial charge in [0, 0.05) is 12.3 Å². The first-order valence-electron chi connectivity index (χ1n) is 5.98. The molecule has 0 spiro atoms. The third-order valence-corrected chi connectivity index (χ3v) is 2.92. The second-order valence-electron chi connectivity index (χ2n) is 4.35. The first-order chi connectivity index (χ1) is 8.25. The van der Waals surface area contributed by atoms with E-state index in [1.165, 1.54) is 0 Å². The number of benzene rings is 1. The Bertz CT molecular complexity index is 333. The first-order valence-corrected chi connectivity index (χ1v) is 5.98. The summed E-state index contributed by atoms with van der Waals surface area (Å²) in [5, 5.41) is 9.88. The molecule has 2 unspecified atom stereocenters. The summed E-state index contributed by atoms with van der Waals surface area (Å²) in [5.74, 6) is 0. The Morgan fingerprint density at radius 3 is 2.82 bits per heavy atom. The molecule has 1 aliphatic heterocycles. The van der Waals surface area contributed by atoms with Gasteiger partial charge in [0.05, 0.1) is 19.3 Å². The highest BCUT2D eigenvalue weighted by atomic mass is 16.5. The van der Waals surface area contributed by atoms with Gasteiger partial charge in [0.2, 0.25) is 0 Å². The van der Waals surface area contributed by atoms with E-state index in [4.69, 9.17) is 15.2 Å². The molecule has 1 saturated heterocycles. The first kappa shape index (κ1) is 12.4. The number of ether oxygens (including phenoxy) is 2. The van der Waals surface area contributed by atoms with Crippen molar-refractivity contribution in [2.24, 2.45) is 0 Å². The Labute approximate surface area is 101 Å². The van der Waals surface area contributed by atoms with Crippen LogP contribution in [0.1, 0.15) is 24.5 Å². The fourth-order valence-corrected chi connectivity index (χ4v) is 1.90. The Balaban J connectivity index is 1.72. The van der Waals surface area contributed by atoms with Crippen LogP contribution in [0, 0.1) is 0 Å². The van der Waals surface area contributed by atoms with Crippen molar-refractivity contribution in [1.82, 2.24) is 0 Å². The average Bonchev–Trinajstić information content (AvgIpc) is 2.83. The molecule has 0 radical (unpaired) electrons. The summed E-state index contributed by atoms with van der Waals surface area (Å²) in [4.78, 5) is 0. The summed E-state index contributed by atoms with van der Waals surface area (Å²) in [5.41, 5.74) is 7.10. The molecule has 1 fully saturated rings. The van der Waals surface area contributed by atoms with E-state index in [1.54, 1.807) is 12.1 Å². The molecule has 1 heterocycles. The molecule has 2 atom stereocenters. The molecule has 0 saturated carbocycles. The summed E-state index contributed by atoms with van der Waals surface area (Å²) >= 11 is 0. The fourth-order valence-electron chi connectivity index (χ4n) is 1.90. The third kappa shape index (κ3) is 3.70. The molecule has 0 amide bonds. The Morgan fingerprint density at radius 1 is 1.41 bits per heavy atom. The highest BCUT2D eigenvalue weighted by molar-refractivity contribution is 5.39. The van der Waals surface area contributed by atoms with Crippen molar-refractivity contribution in [3.8, 4) is 0 Å². The summed E-state index contributed by atoms with van der Waals surface area (Å²) in [6.07, 6.45) is 1.76. The molecule has 1 aliphatic rings. The van der Waals surface area contributed by atoms with E-state index in [0.29, 0.717) is 18.9 Å². The van der Waals surface area contributed by atoms with E-state index < -0.39 is 6.10 Å². The molecule has 0 bridgehead atoms. The van der Waals surface area contributed by atoms with Gasteiger partial charge in [-0.05, 0) is 30.5 Å². The van der Waals surface area contributed by atoms with Crippen molar-refractivity contribution >= 4 is 5.69 Å². The standard InChI is InChI=1S/C13H19NO3/c14-11-5-3-10(4-6-11)13(15)9-16-8-12-2-1-7-17-12/h3-6,12-13,15H,1-2,7-9,14H2. The minimum atomic E-state index is -0.600. The third-order valence-electron chi connectivity index (χ3n) is 2.92. The molecule has 4 nitrogen and oxygen atoms in total. The van der Waals surface area contributed by atoms with E-state index in [0.717, 1.165) is 25.0 Å². The maximum Gasteiger partial charge on any atom is 0.102 e. The summed E-state index contributed by atoms with van der Waals surface area (Å²) < 4.78 is 10.9. The van der Waals surface area contributed by atoms with Gasteiger partial charge < -0.3 is 20.3 Å². The van der Waals surface area contributed by atoms with Gasteiger partial charge >= 0.3 is 0 Å². The van der Waals surface area contributed by atoms with Crippen LogP contribution in [0.15, 0.2) is 24.3 Å². The second kappa shape index (κ2) is 6.00. The molecular formula is C13H19NO3. The predicted octanol–water partition coefficient (Wildman–Crippen LogP) is 1.50. The highest BCUT2D eigenvalue weighted by Gasteiger charge is 2.16. The van der Waals surface area contributed by atoms with Crippen molar-refractivity contribution in [3.05, 3.63) is 29.8 Å². The summed E-state index contributed by atoms with van der Waals surface area (Å²) in [7, 11) is 0. The number of aliphatic hydroxyl groups excluding tert-OH is 1. The number of nitrogens with two attached hydrogens (primary N) is 1. The minimum Gasteiger partial charge on any atom is -0.399 e. The van der Waals surface area contributed by atoms with Crippen molar-refractivity contribution in [3.63, 3.8) is 0 Å². The summed E-state index contributed by atoms with van der Waals surface area (Å²) in [6, 6.07) is 7.18. The molecule has 94 valence electrons. The van der Waals surface area contributed by atoms with E-state index >= 15 is 0 Å². The SMILES string of the molecule is Nc1ccc(C(O)COCC2CCCO2)cc1. The second-order valence-corrected chi connectivity index (χ2v) is 4.35. The number of anilines is 1. The largest absolute Gasteiger partial charge is 0.399 e. The average molecular weight is 237 g/mol. The van der Waals surface area contributed by atoms with Gasteiger partial charge in [0.1, 0.15) is 6.10 Å². The van der Waals surface area contributed by atoms with Crippen LogP contribution < -0.4 is 5.73 Å². The fraction of sp³-hybridized carbons (Fsp3) is 0.538. The van der Waals surface area contributed by atoms with E-state index in [2.05, 4.69) is 0 Å². The minimum absolute atomic E-state index is 0.202. The smallest absolute Gasteiger partial charge is 0.102 e. The van der Waals surface area contributed by atoms with Crippen LogP contribution in [0.2, 0.25) is 0 Å². The van der Waals surface area contributed by atoms with Crippen LogP contribution in [0.3, 0.4) is 0 Å². The van der Waals surface area contributed by atoms with Crippen LogP contribution >= 0.6 is 0 Å². The Morgan fingerprint density at radius 2 is 2.18 bits per heavy atom. The van der Waals surface area contributed by atoms with E-state index in [-0.39, 0.29) is 6.10 Å². The van der Waals surface area contributed by atoms with Gasteiger partial charge in [-0.2, -0.15) is 0 Å².